The van der Waals surface area contributed by atoms with Gasteiger partial charge in [0.2, 0.25) is 0 Å². The number of rotatable bonds is 3. The number of carbonyl (C=O) groups is 1. The molecule has 2 aliphatic carbocycles. The molecule has 6 nitrogen and oxygen atoms in total. The van der Waals surface area contributed by atoms with Crippen molar-refractivity contribution in [2.45, 2.75) is 65.0 Å². The molecular weight excluding hydrogens is 302 g/mol. The van der Waals surface area contributed by atoms with Gasteiger partial charge in [0, 0.05) is 6.04 Å². The molecule has 3 atom stereocenters. The van der Waals surface area contributed by atoms with Gasteiger partial charge < -0.3 is 10.6 Å². The molecule has 1 aromatic heterocycles. The van der Waals surface area contributed by atoms with Crippen molar-refractivity contribution in [1.29, 1.82) is 0 Å². The maximum absolute atomic E-state index is 12.7. The molecule has 132 valence electrons. The fraction of sp³-hybridized carbons (Fsp3) is 0.833. The summed E-state index contributed by atoms with van der Waals surface area (Å²) >= 11 is 0. The van der Waals surface area contributed by atoms with Crippen molar-refractivity contribution in [2.75, 3.05) is 13.1 Å². The SMILES string of the molecule is CC1(C)C2CCC1(C)C(NC(=O)c1cn(C3CCNCC3)nn1)C2. The van der Waals surface area contributed by atoms with Crippen molar-refractivity contribution in [1.82, 2.24) is 25.6 Å². The van der Waals surface area contributed by atoms with Crippen LogP contribution in [0.4, 0.5) is 0 Å². The highest BCUT2D eigenvalue weighted by molar-refractivity contribution is 5.92. The number of fused-ring (bicyclic) bond motifs is 2. The third-order valence-electron chi connectivity index (χ3n) is 7.53. The number of hydrogen-bond donors (Lipinski definition) is 2. The van der Waals surface area contributed by atoms with E-state index in [0.29, 0.717) is 17.2 Å². The average molecular weight is 331 g/mol. The van der Waals surface area contributed by atoms with Gasteiger partial charge in [-0.2, -0.15) is 0 Å². The predicted octanol–water partition coefficient (Wildman–Crippen LogP) is 2.15. The van der Waals surface area contributed by atoms with E-state index in [1.807, 2.05) is 10.9 Å². The number of nitrogens with one attached hydrogen (secondary N) is 2. The van der Waals surface area contributed by atoms with Crippen LogP contribution in [-0.4, -0.2) is 40.0 Å². The summed E-state index contributed by atoms with van der Waals surface area (Å²) in [4.78, 5) is 12.7. The van der Waals surface area contributed by atoms with Crippen molar-refractivity contribution in [3.05, 3.63) is 11.9 Å². The van der Waals surface area contributed by atoms with E-state index in [1.54, 1.807) is 0 Å². The van der Waals surface area contributed by atoms with Gasteiger partial charge in [-0.3, -0.25) is 4.79 Å². The first-order valence-corrected chi connectivity index (χ1v) is 9.35. The van der Waals surface area contributed by atoms with Crippen LogP contribution in [0.5, 0.6) is 0 Å². The van der Waals surface area contributed by atoms with E-state index in [2.05, 4.69) is 41.7 Å². The van der Waals surface area contributed by atoms with Crippen molar-refractivity contribution >= 4 is 5.91 Å². The number of nitrogens with zero attached hydrogens (tertiary/aromatic N) is 3. The lowest BCUT2D eigenvalue weighted by atomic mass is 9.69. The van der Waals surface area contributed by atoms with Gasteiger partial charge in [0.05, 0.1) is 12.2 Å². The van der Waals surface area contributed by atoms with Crippen molar-refractivity contribution < 1.29 is 4.79 Å². The molecule has 3 unspecified atom stereocenters. The Morgan fingerprint density at radius 1 is 1.29 bits per heavy atom. The van der Waals surface area contributed by atoms with E-state index in [0.717, 1.165) is 38.3 Å². The number of carbonyl (C=O) groups excluding carboxylic acids is 1. The molecule has 6 heteroatoms. The van der Waals surface area contributed by atoms with Crippen LogP contribution >= 0.6 is 0 Å². The zero-order valence-electron chi connectivity index (χ0n) is 15.0. The first-order chi connectivity index (χ1) is 11.4. The minimum Gasteiger partial charge on any atom is -0.347 e. The lowest BCUT2D eigenvalue weighted by Gasteiger charge is -2.39. The molecule has 2 saturated carbocycles. The predicted molar refractivity (Wildman–Crippen MR) is 91.6 cm³/mol. The van der Waals surface area contributed by atoms with Crippen molar-refractivity contribution in [3.63, 3.8) is 0 Å². The Labute approximate surface area is 143 Å². The molecule has 4 rings (SSSR count). The minimum atomic E-state index is -0.0650. The summed E-state index contributed by atoms with van der Waals surface area (Å²) in [6, 6.07) is 0.613. The van der Waals surface area contributed by atoms with Crippen LogP contribution < -0.4 is 10.6 Å². The summed E-state index contributed by atoms with van der Waals surface area (Å²) in [5, 5.41) is 15.0. The summed E-state index contributed by atoms with van der Waals surface area (Å²) in [5.74, 6) is 0.656. The highest BCUT2D eigenvalue weighted by atomic mass is 16.2. The van der Waals surface area contributed by atoms with Crippen LogP contribution in [0.15, 0.2) is 6.20 Å². The highest BCUT2D eigenvalue weighted by Crippen LogP contribution is 2.65. The first kappa shape index (κ1) is 16.1. The Bertz CT molecular complexity index is 633. The quantitative estimate of drug-likeness (QED) is 0.890. The molecule has 0 radical (unpaired) electrons. The molecule has 0 spiro atoms. The van der Waals surface area contributed by atoms with Crippen LogP contribution in [-0.2, 0) is 0 Å². The minimum absolute atomic E-state index is 0.0650. The summed E-state index contributed by atoms with van der Waals surface area (Å²) in [6.45, 7) is 9.08. The van der Waals surface area contributed by atoms with E-state index in [-0.39, 0.29) is 17.4 Å². The molecule has 1 aliphatic heterocycles. The van der Waals surface area contributed by atoms with Gasteiger partial charge in [-0.05, 0) is 61.9 Å². The van der Waals surface area contributed by atoms with E-state index in [4.69, 9.17) is 0 Å². The Morgan fingerprint density at radius 3 is 2.67 bits per heavy atom. The third-order valence-corrected chi connectivity index (χ3v) is 7.53. The number of aromatic nitrogens is 3. The maximum atomic E-state index is 12.7. The summed E-state index contributed by atoms with van der Waals surface area (Å²) in [7, 11) is 0. The molecule has 2 N–H and O–H groups in total. The van der Waals surface area contributed by atoms with Crippen LogP contribution in [0.3, 0.4) is 0 Å². The zero-order valence-corrected chi connectivity index (χ0v) is 15.0. The molecule has 2 heterocycles. The lowest BCUT2D eigenvalue weighted by Crippen LogP contribution is -2.47. The Balaban J connectivity index is 1.45. The number of amides is 1. The van der Waals surface area contributed by atoms with Gasteiger partial charge in [-0.1, -0.05) is 26.0 Å². The van der Waals surface area contributed by atoms with Gasteiger partial charge in [0.15, 0.2) is 5.69 Å². The molecule has 3 fully saturated rings. The smallest absolute Gasteiger partial charge is 0.273 e. The molecule has 24 heavy (non-hydrogen) atoms. The second kappa shape index (κ2) is 5.55. The lowest BCUT2D eigenvalue weighted by molar-refractivity contribution is 0.0821. The molecular formula is C18H29N5O. The van der Waals surface area contributed by atoms with Gasteiger partial charge in [0.25, 0.3) is 5.91 Å². The van der Waals surface area contributed by atoms with E-state index in [9.17, 15) is 4.79 Å². The fourth-order valence-electron chi connectivity index (χ4n) is 5.28. The van der Waals surface area contributed by atoms with Crippen LogP contribution in [0.2, 0.25) is 0 Å². The van der Waals surface area contributed by atoms with E-state index >= 15 is 0 Å². The molecule has 3 aliphatic rings. The molecule has 1 amide bonds. The van der Waals surface area contributed by atoms with E-state index < -0.39 is 0 Å². The topological polar surface area (TPSA) is 71.8 Å². The molecule has 1 saturated heterocycles. The summed E-state index contributed by atoms with van der Waals surface area (Å²) in [6.07, 6.45) is 7.50. The molecule has 0 aromatic carbocycles. The Hall–Kier alpha value is -1.43. The Kier molecular flexibility index (Phi) is 3.71. The summed E-state index contributed by atoms with van der Waals surface area (Å²) < 4.78 is 1.88. The molecule has 2 bridgehead atoms. The van der Waals surface area contributed by atoms with Crippen molar-refractivity contribution in [3.8, 4) is 0 Å². The molecule has 1 aromatic rings. The zero-order chi connectivity index (χ0) is 16.9. The highest BCUT2D eigenvalue weighted by Gasteiger charge is 2.61. The van der Waals surface area contributed by atoms with E-state index in [1.165, 1.54) is 12.8 Å². The largest absolute Gasteiger partial charge is 0.347 e. The second-order valence-corrected chi connectivity index (χ2v) is 8.70. The summed E-state index contributed by atoms with van der Waals surface area (Å²) in [5.41, 5.74) is 0.952. The maximum Gasteiger partial charge on any atom is 0.273 e. The number of hydrogen-bond acceptors (Lipinski definition) is 4. The van der Waals surface area contributed by atoms with Gasteiger partial charge in [-0.25, -0.2) is 4.68 Å². The fourth-order valence-corrected chi connectivity index (χ4v) is 5.28. The van der Waals surface area contributed by atoms with Crippen LogP contribution in [0.1, 0.15) is 69.4 Å². The number of piperidine rings is 1. The van der Waals surface area contributed by atoms with Crippen molar-refractivity contribution in [2.24, 2.45) is 16.7 Å². The Morgan fingerprint density at radius 2 is 2.04 bits per heavy atom. The van der Waals surface area contributed by atoms with Gasteiger partial charge in [0.1, 0.15) is 0 Å². The normalized spacial score (nSPS) is 35.3. The third kappa shape index (κ3) is 2.30. The standard InChI is InChI=1S/C18H29N5O/c1-17(2)12-4-7-18(17,3)15(10-12)20-16(24)14-11-23(22-21-14)13-5-8-19-9-6-13/h11-13,15,19H,4-10H2,1-3H3,(H,20,24). The average Bonchev–Trinajstić information content (AvgIpc) is 3.19. The monoisotopic (exact) mass is 331 g/mol. The van der Waals surface area contributed by atoms with Gasteiger partial charge >= 0.3 is 0 Å². The van der Waals surface area contributed by atoms with Crippen LogP contribution in [0.25, 0.3) is 0 Å². The van der Waals surface area contributed by atoms with Gasteiger partial charge in [-0.15, -0.1) is 5.10 Å². The first-order valence-electron chi connectivity index (χ1n) is 9.35. The second-order valence-electron chi connectivity index (χ2n) is 8.70. The van der Waals surface area contributed by atoms with Crippen LogP contribution in [0, 0.1) is 16.7 Å².